The van der Waals surface area contributed by atoms with Crippen LogP contribution in [-0.2, 0) is 4.79 Å². The van der Waals surface area contributed by atoms with E-state index in [1.807, 2.05) is 30.3 Å². The predicted octanol–water partition coefficient (Wildman–Crippen LogP) is 1.72. The van der Waals surface area contributed by atoms with Crippen molar-refractivity contribution >= 4 is 11.9 Å². The fourth-order valence-electron chi connectivity index (χ4n) is 4.91. The summed E-state index contributed by atoms with van der Waals surface area (Å²) in [5.41, 5.74) is 0.967. The molecule has 0 aromatic heterocycles. The van der Waals surface area contributed by atoms with Crippen LogP contribution in [0.4, 0.5) is 4.39 Å². The van der Waals surface area contributed by atoms with Crippen molar-refractivity contribution in [3.05, 3.63) is 71.5 Å². The second kappa shape index (κ2) is 7.57. The molecule has 29 heavy (non-hydrogen) atoms. The number of aliphatic hydroxyl groups is 1. The number of halogens is 1. The van der Waals surface area contributed by atoms with Gasteiger partial charge in [-0.1, -0.05) is 30.3 Å². The van der Waals surface area contributed by atoms with Gasteiger partial charge in [-0.25, -0.2) is 4.39 Å². The molecule has 2 aromatic carbocycles. The average Bonchev–Trinajstić information content (AvgIpc) is 3.22. The minimum absolute atomic E-state index is 0.0110. The van der Waals surface area contributed by atoms with Crippen molar-refractivity contribution in [3.8, 4) is 0 Å². The number of nitrogens with one attached hydrogen (secondary N) is 1. The molecule has 2 aromatic rings. The number of amides is 1. The zero-order valence-electron chi connectivity index (χ0n) is 15.8. The van der Waals surface area contributed by atoms with Crippen molar-refractivity contribution in [2.24, 2.45) is 11.3 Å². The highest BCUT2D eigenvalue weighted by Crippen LogP contribution is 2.68. The van der Waals surface area contributed by atoms with Gasteiger partial charge in [-0.3, -0.25) is 14.5 Å². The summed E-state index contributed by atoms with van der Waals surface area (Å²) in [5.74, 6) is -1.60. The molecule has 1 aliphatic heterocycles. The summed E-state index contributed by atoms with van der Waals surface area (Å²) >= 11 is 0. The van der Waals surface area contributed by atoms with E-state index in [2.05, 4.69) is 5.32 Å². The van der Waals surface area contributed by atoms with Crippen molar-refractivity contribution in [3.63, 3.8) is 0 Å². The monoisotopic (exact) mass is 398 g/mol. The van der Waals surface area contributed by atoms with Crippen molar-refractivity contribution in [1.82, 2.24) is 10.2 Å². The van der Waals surface area contributed by atoms with E-state index in [0.717, 1.165) is 5.56 Å². The zero-order chi connectivity index (χ0) is 20.6. The molecular weight excluding hydrogens is 375 g/mol. The van der Waals surface area contributed by atoms with Gasteiger partial charge in [-0.2, -0.15) is 0 Å². The summed E-state index contributed by atoms with van der Waals surface area (Å²) in [4.78, 5) is 25.3. The minimum Gasteiger partial charge on any atom is -0.480 e. The predicted molar refractivity (Wildman–Crippen MR) is 104 cm³/mol. The summed E-state index contributed by atoms with van der Waals surface area (Å²) in [5, 5.41) is 22.8. The number of benzene rings is 2. The Morgan fingerprint density at radius 3 is 2.48 bits per heavy atom. The van der Waals surface area contributed by atoms with Gasteiger partial charge in [0, 0.05) is 30.6 Å². The largest absolute Gasteiger partial charge is 0.480 e. The number of hydrogen-bond donors (Lipinski definition) is 3. The Morgan fingerprint density at radius 2 is 1.83 bits per heavy atom. The standard InChI is InChI=1S/C22H23FN2O4/c23-16-8-6-15(7-9-16)21(29)24-10-17-20(14-4-2-1-3-5-14)22(17)13-25(11-18(22)26)12-19(27)28/h1-9,17-18,20,26H,10-13H2,(H,24,29)(H,27,28)/t17-,18-,20-,22-/m1/s1. The van der Waals surface area contributed by atoms with E-state index in [1.54, 1.807) is 4.90 Å². The summed E-state index contributed by atoms with van der Waals surface area (Å²) in [6.07, 6.45) is -0.667. The van der Waals surface area contributed by atoms with Crippen LogP contribution in [0.3, 0.4) is 0 Å². The number of β-amino-alcohol motifs (C(OH)–C–C–N with tert-alkyl or cyclic N) is 1. The second-order valence-electron chi connectivity index (χ2n) is 7.90. The molecule has 7 heteroatoms. The number of carbonyl (C=O) groups is 2. The van der Waals surface area contributed by atoms with Gasteiger partial charge in [0.25, 0.3) is 5.91 Å². The van der Waals surface area contributed by atoms with Crippen LogP contribution >= 0.6 is 0 Å². The van der Waals surface area contributed by atoms with E-state index in [0.29, 0.717) is 25.2 Å². The lowest BCUT2D eigenvalue weighted by Gasteiger charge is -2.15. The molecular formula is C22H23FN2O4. The highest BCUT2D eigenvalue weighted by Gasteiger charge is 2.71. The third-order valence-electron chi connectivity index (χ3n) is 6.22. The molecule has 6 nitrogen and oxygen atoms in total. The van der Waals surface area contributed by atoms with E-state index in [-0.39, 0.29) is 24.3 Å². The van der Waals surface area contributed by atoms with Crippen LogP contribution in [0.1, 0.15) is 21.8 Å². The molecule has 1 amide bonds. The summed E-state index contributed by atoms with van der Waals surface area (Å²) < 4.78 is 13.1. The van der Waals surface area contributed by atoms with Gasteiger partial charge in [-0.15, -0.1) is 0 Å². The molecule has 1 aliphatic carbocycles. The Morgan fingerprint density at radius 1 is 1.14 bits per heavy atom. The van der Waals surface area contributed by atoms with E-state index in [1.165, 1.54) is 24.3 Å². The molecule has 1 heterocycles. The van der Waals surface area contributed by atoms with Crippen LogP contribution in [0.25, 0.3) is 0 Å². The molecule has 4 atom stereocenters. The van der Waals surface area contributed by atoms with Crippen LogP contribution < -0.4 is 5.32 Å². The van der Waals surface area contributed by atoms with E-state index in [9.17, 15) is 19.1 Å². The molecule has 0 radical (unpaired) electrons. The number of carbonyl (C=O) groups excluding carboxylic acids is 1. The highest BCUT2D eigenvalue weighted by molar-refractivity contribution is 5.94. The Hall–Kier alpha value is -2.77. The molecule has 1 saturated carbocycles. The third-order valence-corrected chi connectivity index (χ3v) is 6.22. The third kappa shape index (κ3) is 3.63. The molecule has 1 saturated heterocycles. The van der Waals surface area contributed by atoms with Crippen LogP contribution in [-0.4, -0.2) is 59.3 Å². The van der Waals surface area contributed by atoms with Gasteiger partial charge in [0.1, 0.15) is 5.82 Å². The molecule has 0 bridgehead atoms. The first-order valence-electron chi connectivity index (χ1n) is 9.62. The molecule has 0 unspecified atom stereocenters. The molecule has 2 fully saturated rings. The van der Waals surface area contributed by atoms with Gasteiger partial charge in [0.05, 0.1) is 12.6 Å². The number of hydrogen-bond acceptors (Lipinski definition) is 4. The number of nitrogens with zero attached hydrogens (tertiary/aromatic N) is 1. The number of aliphatic carboxylic acids is 1. The van der Waals surface area contributed by atoms with Crippen molar-refractivity contribution in [2.75, 3.05) is 26.2 Å². The Bertz CT molecular complexity index is 905. The summed E-state index contributed by atoms with van der Waals surface area (Å²) in [6, 6.07) is 15.1. The first-order valence-corrected chi connectivity index (χ1v) is 9.62. The van der Waals surface area contributed by atoms with Crippen molar-refractivity contribution < 1.29 is 24.2 Å². The van der Waals surface area contributed by atoms with Crippen LogP contribution in [0.2, 0.25) is 0 Å². The smallest absolute Gasteiger partial charge is 0.317 e. The van der Waals surface area contributed by atoms with Crippen LogP contribution in [0, 0.1) is 17.2 Å². The molecule has 2 aliphatic rings. The first kappa shape index (κ1) is 19.5. The first-order chi connectivity index (χ1) is 13.9. The van der Waals surface area contributed by atoms with E-state index in [4.69, 9.17) is 5.11 Å². The number of carboxylic acids is 1. The maximum atomic E-state index is 13.1. The van der Waals surface area contributed by atoms with Crippen LogP contribution in [0.15, 0.2) is 54.6 Å². The maximum Gasteiger partial charge on any atom is 0.317 e. The fraction of sp³-hybridized carbons (Fsp3) is 0.364. The quantitative estimate of drug-likeness (QED) is 0.689. The van der Waals surface area contributed by atoms with Gasteiger partial charge in [0.15, 0.2) is 0 Å². The Labute approximate surface area is 168 Å². The fourth-order valence-corrected chi connectivity index (χ4v) is 4.91. The van der Waals surface area contributed by atoms with Gasteiger partial charge < -0.3 is 15.5 Å². The van der Waals surface area contributed by atoms with E-state index >= 15 is 0 Å². The number of likely N-dealkylation sites (tertiary alicyclic amines) is 1. The molecule has 1 spiro atoms. The molecule has 4 rings (SSSR count). The molecule has 152 valence electrons. The Kier molecular flexibility index (Phi) is 5.10. The SMILES string of the molecule is O=C(O)CN1C[C@@H](O)[C@@]2(C1)[C@H](CNC(=O)c1ccc(F)cc1)[C@H]2c1ccccc1. The molecule has 3 N–H and O–H groups in total. The zero-order valence-corrected chi connectivity index (χ0v) is 15.8. The van der Waals surface area contributed by atoms with Crippen LogP contribution in [0.5, 0.6) is 0 Å². The lowest BCUT2D eigenvalue weighted by atomic mass is 9.95. The number of aliphatic hydroxyl groups excluding tert-OH is 1. The topological polar surface area (TPSA) is 89.9 Å². The van der Waals surface area contributed by atoms with Gasteiger partial charge >= 0.3 is 5.97 Å². The Balaban J connectivity index is 1.51. The minimum atomic E-state index is -0.924. The summed E-state index contributed by atoms with van der Waals surface area (Å²) in [6.45, 7) is 1.01. The highest BCUT2D eigenvalue weighted by atomic mass is 19.1. The van der Waals surface area contributed by atoms with Gasteiger partial charge in [0.2, 0.25) is 0 Å². The maximum absolute atomic E-state index is 13.1. The number of rotatable bonds is 6. The lowest BCUT2D eigenvalue weighted by Crippen LogP contribution is -2.30. The van der Waals surface area contributed by atoms with Gasteiger partial charge in [-0.05, 0) is 41.7 Å². The summed E-state index contributed by atoms with van der Waals surface area (Å²) in [7, 11) is 0. The normalized spacial score (nSPS) is 28.4. The van der Waals surface area contributed by atoms with Crippen molar-refractivity contribution in [1.29, 1.82) is 0 Å². The van der Waals surface area contributed by atoms with E-state index < -0.39 is 23.3 Å². The number of carboxylic acid groups (broad SMARTS) is 1. The average molecular weight is 398 g/mol. The van der Waals surface area contributed by atoms with Crippen molar-refractivity contribution in [2.45, 2.75) is 12.0 Å². The lowest BCUT2D eigenvalue weighted by molar-refractivity contribution is -0.138. The second-order valence-corrected chi connectivity index (χ2v) is 7.90.